The van der Waals surface area contributed by atoms with Crippen molar-refractivity contribution in [3.8, 4) is 0 Å². The molecule has 0 bridgehead atoms. The summed E-state index contributed by atoms with van der Waals surface area (Å²) in [6.07, 6.45) is 8.21. The Bertz CT molecular complexity index is 1880. The maximum atomic E-state index is 12.5. The quantitative estimate of drug-likeness (QED) is 0.237. The van der Waals surface area contributed by atoms with E-state index in [0.717, 1.165) is 62.1 Å². The normalized spacial score (nSPS) is 15.0. The van der Waals surface area contributed by atoms with Gasteiger partial charge in [-0.25, -0.2) is 19.9 Å². The Morgan fingerprint density at radius 1 is 0.690 bits per heavy atom. The van der Waals surface area contributed by atoms with Gasteiger partial charge >= 0.3 is 0 Å². The zero-order valence-corrected chi connectivity index (χ0v) is 23.7. The van der Waals surface area contributed by atoms with Gasteiger partial charge in [-0.2, -0.15) is 0 Å². The topological polar surface area (TPSA) is 87.5 Å². The van der Waals surface area contributed by atoms with E-state index < -0.39 is 0 Å². The molecule has 4 heterocycles. The number of aromatic nitrogens is 4. The average Bonchev–Trinajstić information content (AvgIpc) is 3.28. The van der Waals surface area contributed by atoms with Gasteiger partial charge in [-0.1, -0.05) is 48.5 Å². The fourth-order valence-electron chi connectivity index (χ4n) is 5.75. The van der Waals surface area contributed by atoms with E-state index in [1.807, 2.05) is 36.4 Å². The second-order valence-electron chi connectivity index (χ2n) is 10.5. The molecule has 0 saturated carbocycles. The third-order valence-electron chi connectivity index (χ3n) is 7.67. The lowest BCUT2D eigenvalue weighted by molar-refractivity contribution is 0.106. The van der Waals surface area contributed by atoms with Gasteiger partial charge in [0.05, 0.1) is 39.9 Å². The molecule has 0 saturated heterocycles. The molecule has 0 unspecified atom stereocenters. The zero-order valence-electron chi connectivity index (χ0n) is 23.7. The molecule has 2 aliphatic heterocycles. The standard InChI is InChI=1S/C34H27N7O/c1-20-9-7-10-21(2)31(20)40-29(16-15-27-30-24(17-35-19-37-30)28(42)18-36-27)41(32-22(3)11-8-12-23(32)4)34-33(40)38-25-13-5-6-14-26(25)39-34/h5-19H,1-4H3/b27-15+. The molecule has 0 amide bonds. The second kappa shape index (κ2) is 9.85. The van der Waals surface area contributed by atoms with Crippen molar-refractivity contribution in [2.24, 2.45) is 4.99 Å². The molecule has 8 heteroatoms. The van der Waals surface area contributed by atoms with E-state index in [2.05, 4.69) is 88.9 Å². The van der Waals surface area contributed by atoms with Gasteiger partial charge in [0.25, 0.3) is 0 Å². The van der Waals surface area contributed by atoms with Crippen molar-refractivity contribution < 1.29 is 4.79 Å². The van der Waals surface area contributed by atoms with Crippen molar-refractivity contribution >= 4 is 51.7 Å². The Balaban J connectivity index is 1.55. The van der Waals surface area contributed by atoms with Gasteiger partial charge in [0.2, 0.25) is 5.78 Å². The van der Waals surface area contributed by atoms with E-state index >= 15 is 0 Å². The van der Waals surface area contributed by atoms with Gasteiger partial charge < -0.3 is 0 Å². The maximum Gasteiger partial charge on any atom is 0.207 e. The third-order valence-corrected chi connectivity index (χ3v) is 7.67. The molecular weight excluding hydrogens is 522 g/mol. The number of ketones is 1. The van der Waals surface area contributed by atoms with E-state index in [9.17, 15) is 4.79 Å². The van der Waals surface area contributed by atoms with Crippen molar-refractivity contribution in [1.29, 1.82) is 0 Å². The van der Waals surface area contributed by atoms with E-state index in [-0.39, 0.29) is 5.78 Å². The number of aryl methyl sites for hydroxylation is 4. The first kappa shape index (κ1) is 25.5. The summed E-state index contributed by atoms with van der Waals surface area (Å²) in [6, 6.07) is 20.5. The minimum absolute atomic E-state index is 0.210. The fraction of sp³-hybridized carbons (Fsp3) is 0.118. The average molecular weight is 550 g/mol. The van der Waals surface area contributed by atoms with Gasteiger partial charge in [0, 0.05) is 6.20 Å². The monoisotopic (exact) mass is 549 g/mol. The summed E-state index contributed by atoms with van der Waals surface area (Å²) in [5.41, 5.74) is 9.64. The van der Waals surface area contributed by atoms with Crippen LogP contribution in [0.3, 0.4) is 0 Å². The number of fused-ring (bicyclic) bond motifs is 3. The first-order valence-electron chi connectivity index (χ1n) is 13.7. The SMILES string of the molecule is Cc1cccc(C)c1N1C(=C/C=C2/N=CC(=O)c3cncnc32)N(c2c(C)cccc2C)c2nc3ccccc3nc21. The first-order valence-corrected chi connectivity index (χ1v) is 13.7. The molecule has 2 aromatic heterocycles. The van der Waals surface area contributed by atoms with Crippen LogP contribution in [0.1, 0.15) is 38.3 Å². The summed E-state index contributed by atoms with van der Waals surface area (Å²) in [6.45, 7) is 8.44. The van der Waals surface area contributed by atoms with E-state index in [4.69, 9.17) is 9.97 Å². The van der Waals surface area contributed by atoms with Crippen LogP contribution in [-0.4, -0.2) is 31.9 Å². The van der Waals surface area contributed by atoms with Crippen LogP contribution >= 0.6 is 0 Å². The Morgan fingerprint density at radius 2 is 1.24 bits per heavy atom. The Kier molecular flexibility index (Phi) is 5.97. The predicted octanol–water partition coefficient (Wildman–Crippen LogP) is 7.09. The highest BCUT2D eigenvalue weighted by molar-refractivity contribution is 6.38. The highest BCUT2D eigenvalue weighted by Gasteiger charge is 2.39. The number of carbonyl (C=O) groups is 1. The fourth-order valence-corrected chi connectivity index (χ4v) is 5.75. The molecule has 0 aliphatic carbocycles. The van der Waals surface area contributed by atoms with Gasteiger partial charge in [-0.05, 0) is 74.2 Å². The van der Waals surface area contributed by atoms with E-state index in [1.165, 1.54) is 18.7 Å². The molecule has 0 N–H and O–H groups in total. The molecule has 0 radical (unpaired) electrons. The van der Waals surface area contributed by atoms with Crippen LogP contribution in [0.2, 0.25) is 0 Å². The summed E-state index contributed by atoms with van der Waals surface area (Å²) < 4.78 is 0. The molecule has 8 nitrogen and oxygen atoms in total. The van der Waals surface area contributed by atoms with Crippen LogP contribution in [-0.2, 0) is 0 Å². The first-order chi connectivity index (χ1) is 20.4. The number of allylic oxidation sites excluding steroid dienone is 2. The minimum atomic E-state index is -0.210. The van der Waals surface area contributed by atoms with Crippen molar-refractivity contribution in [3.63, 3.8) is 0 Å². The Labute approximate surface area is 243 Å². The summed E-state index contributed by atoms with van der Waals surface area (Å²) in [5, 5.41) is 0. The molecule has 0 fully saturated rings. The van der Waals surface area contributed by atoms with Gasteiger partial charge in [0.15, 0.2) is 11.6 Å². The Morgan fingerprint density at radius 3 is 1.79 bits per heavy atom. The molecular formula is C34H27N7O. The van der Waals surface area contributed by atoms with Crippen LogP contribution in [0.15, 0.2) is 96.2 Å². The third kappa shape index (κ3) is 3.99. The highest BCUT2D eigenvalue weighted by atomic mass is 16.1. The lowest BCUT2D eigenvalue weighted by Gasteiger charge is -2.28. The van der Waals surface area contributed by atoms with E-state index in [1.54, 1.807) is 0 Å². The molecule has 7 rings (SSSR count). The largest absolute Gasteiger partial charge is 0.287 e. The molecule has 0 atom stereocenters. The number of anilines is 4. The van der Waals surface area contributed by atoms with Crippen LogP contribution in [0.5, 0.6) is 0 Å². The van der Waals surface area contributed by atoms with Crippen LogP contribution in [0, 0.1) is 27.7 Å². The van der Waals surface area contributed by atoms with Crippen molar-refractivity contribution in [1.82, 2.24) is 19.9 Å². The molecule has 2 aliphatic rings. The summed E-state index contributed by atoms with van der Waals surface area (Å²) in [5.74, 6) is 2.11. The number of nitrogens with zero attached hydrogens (tertiary/aromatic N) is 7. The lowest BCUT2D eigenvalue weighted by Crippen LogP contribution is -2.24. The summed E-state index contributed by atoms with van der Waals surface area (Å²) in [4.78, 5) is 40.1. The second-order valence-corrected chi connectivity index (χ2v) is 10.5. The number of benzene rings is 3. The number of Topliss-reactive ketones (excluding diaryl/α,β-unsaturated/α-hetero) is 1. The predicted molar refractivity (Wildman–Crippen MR) is 167 cm³/mol. The van der Waals surface area contributed by atoms with Gasteiger partial charge in [0.1, 0.15) is 17.8 Å². The molecule has 5 aromatic rings. The molecule has 0 spiro atoms. The minimum Gasteiger partial charge on any atom is -0.287 e. The summed E-state index contributed by atoms with van der Waals surface area (Å²) >= 11 is 0. The Hall–Kier alpha value is -5.50. The smallest absolute Gasteiger partial charge is 0.207 e. The van der Waals surface area contributed by atoms with Crippen molar-refractivity contribution in [3.05, 3.63) is 125 Å². The number of carbonyl (C=O) groups excluding carboxylic acids is 1. The molecule has 42 heavy (non-hydrogen) atoms. The number of rotatable bonds is 3. The molecule has 204 valence electrons. The maximum absolute atomic E-state index is 12.5. The summed E-state index contributed by atoms with van der Waals surface area (Å²) in [7, 11) is 0. The van der Waals surface area contributed by atoms with Crippen LogP contribution < -0.4 is 9.80 Å². The number of hydrogen-bond donors (Lipinski definition) is 0. The number of aliphatic imine (C=N–C) groups is 1. The van der Waals surface area contributed by atoms with E-state index in [0.29, 0.717) is 17.0 Å². The van der Waals surface area contributed by atoms with Crippen LogP contribution in [0.25, 0.3) is 16.7 Å². The zero-order chi connectivity index (χ0) is 29.0. The highest BCUT2D eigenvalue weighted by Crippen LogP contribution is 2.51. The number of hydrogen-bond acceptors (Lipinski definition) is 8. The van der Waals surface area contributed by atoms with Gasteiger partial charge in [-0.15, -0.1) is 0 Å². The lowest BCUT2D eigenvalue weighted by atomic mass is 10.1. The van der Waals surface area contributed by atoms with Crippen molar-refractivity contribution in [2.45, 2.75) is 27.7 Å². The van der Waals surface area contributed by atoms with Gasteiger partial charge in [-0.3, -0.25) is 19.6 Å². The van der Waals surface area contributed by atoms with Crippen molar-refractivity contribution in [2.75, 3.05) is 9.80 Å². The molecule has 3 aromatic carbocycles. The number of para-hydroxylation sites is 4. The van der Waals surface area contributed by atoms with Crippen LogP contribution in [0.4, 0.5) is 23.0 Å².